The molecule has 0 aliphatic rings. The van der Waals surface area contributed by atoms with Gasteiger partial charge in [-0.05, 0) is 38.0 Å². The van der Waals surface area contributed by atoms with Gasteiger partial charge in [-0.3, -0.25) is 5.32 Å². The minimum absolute atomic E-state index is 0.248. The van der Waals surface area contributed by atoms with E-state index in [1.54, 1.807) is 12.1 Å². The van der Waals surface area contributed by atoms with Gasteiger partial charge in [0.25, 0.3) is 0 Å². The molecule has 1 aromatic carbocycles. The van der Waals surface area contributed by atoms with Crippen LogP contribution in [0.1, 0.15) is 32.8 Å². The van der Waals surface area contributed by atoms with E-state index < -0.39 is 5.54 Å². The van der Waals surface area contributed by atoms with Crippen molar-refractivity contribution in [3.05, 3.63) is 35.6 Å². The number of nitrogens with one attached hydrogen (secondary N) is 1. The van der Waals surface area contributed by atoms with Gasteiger partial charge in [0.05, 0.1) is 6.07 Å². The van der Waals surface area contributed by atoms with E-state index in [4.69, 9.17) is 0 Å². The summed E-state index contributed by atoms with van der Waals surface area (Å²) >= 11 is 0. The van der Waals surface area contributed by atoms with Gasteiger partial charge in [0.1, 0.15) is 11.4 Å². The molecule has 92 valence electrons. The van der Waals surface area contributed by atoms with E-state index in [9.17, 15) is 9.65 Å². The highest BCUT2D eigenvalue weighted by molar-refractivity contribution is 5.22. The summed E-state index contributed by atoms with van der Waals surface area (Å²) in [5, 5.41) is 12.6. The van der Waals surface area contributed by atoms with Gasteiger partial charge in [-0.1, -0.05) is 19.1 Å². The van der Waals surface area contributed by atoms with E-state index in [2.05, 4.69) is 25.2 Å². The fourth-order valence-corrected chi connectivity index (χ4v) is 1.78. The van der Waals surface area contributed by atoms with Gasteiger partial charge in [0.15, 0.2) is 0 Å². The van der Waals surface area contributed by atoms with Gasteiger partial charge in [-0.2, -0.15) is 5.26 Å². The van der Waals surface area contributed by atoms with Crippen molar-refractivity contribution in [1.82, 2.24) is 5.32 Å². The first-order chi connectivity index (χ1) is 7.99. The van der Waals surface area contributed by atoms with Crippen molar-refractivity contribution < 1.29 is 4.39 Å². The van der Waals surface area contributed by atoms with Crippen molar-refractivity contribution in [3.8, 4) is 6.07 Å². The first-order valence-corrected chi connectivity index (χ1v) is 5.92. The summed E-state index contributed by atoms with van der Waals surface area (Å²) in [4.78, 5) is 0. The molecule has 2 unspecified atom stereocenters. The van der Waals surface area contributed by atoms with Crippen LogP contribution in [0, 0.1) is 17.1 Å². The third-order valence-corrected chi connectivity index (χ3v) is 2.90. The summed E-state index contributed by atoms with van der Waals surface area (Å²) in [7, 11) is 0. The number of nitrogens with zero attached hydrogens (tertiary/aromatic N) is 1. The molecule has 0 aliphatic carbocycles. The van der Waals surface area contributed by atoms with Crippen molar-refractivity contribution in [3.63, 3.8) is 0 Å². The van der Waals surface area contributed by atoms with E-state index in [-0.39, 0.29) is 5.82 Å². The molecule has 3 heteroatoms. The van der Waals surface area contributed by atoms with Gasteiger partial charge in [-0.25, -0.2) is 4.39 Å². The fraction of sp³-hybridized carbons (Fsp3) is 0.500. The summed E-state index contributed by atoms with van der Waals surface area (Å²) in [6.45, 7) is 6.01. The molecule has 0 bridgehead atoms. The highest BCUT2D eigenvalue weighted by Gasteiger charge is 2.25. The maximum Gasteiger partial charge on any atom is 0.123 e. The predicted octanol–water partition coefficient (Wildman–Crippen LogP) is 3.04. The van der Waals surface area contributed by atoms with Crippen LogP contribution < -0.4 is 5.32 Å². The van der Waals surface area contributed by atoms with E-state index in [1.807, 2.05) is 6.92 Å². The third kappa shape index (κ3) is 4.16. The maximum absolute atomic E-state index is 12.8. The van der Waals surface area contributed by atoms with Crippen LogP contribution in [0.15, 0.2) is 24.3 Å². The second-order valence-electron chi connectivity index (χ2n) is 4.70. The monoisotopic (exact) mass is 234 g/mol. The standard InChI is InChI=1S/C14H19FN2/c1-4-11(2)17-14(3,10-16)9-12-5-7-13(15)8-6-12/h5-8,11,17H,4,9H2,1-3H3. The Bertz CT molecular complexity index is 394. The molecule has 0 saturated carbocycles. The van der Waals surface area contributed by atoms with Crippen molar-refractivity contribution in [2.24, 2.45) is 0 Å². The summed E-state index contributed by atoms with van der Waals surface area (Å²) in [6, 6.07) is 8.90. The highest BCUT2D eigenvalue weighted by Crippen LogP contribution is 2.14. The van der Waals surface area contributed by atoms with Crippen LogP contribution in [0.25, 0.3) is 0 Å². The zero-order valence-electron chi connectivity index (χ0n) is 10.6. The summed E-state index contributed by atoms with van der Waals surface area (Å²) in [5.74, 6) is -0.248. The van der Waals surface area contributed by atoms with E-state index in [0.717, 1.165) is 12.0 Å². The highest BCUT2D eigenvalue weighted by atomic mass is 19.1. The largest absolute Gasteiger partial charge is 0.297 e. The number of hydrogen-bond acceptors (Lipinski definition) is 2. The average molecular weight is 234 g/mol. The third-order valence-electron chi connectivity index (χ3n) is 2.90. The first-order valence-electron chi connectivity index (χ1n) is 5.92. The molecule has 1 rings (SSSR count). The molecule has 1 N–H and O–H groups in total. The second kappa shape index (κ2) is 5.79. The van der Waals surface area contributed by atoms with Gasteiger partial charge in [0, 0.05) is 12.5 Å². The molecule has 0 fully saturated rings. The van der Waals surface area contributed by atoms with Gasteiger partial charge in [0.2, 0.25) is 0 Å². The Morgan fingerprint density at radius 3 is 2.47 bits per heavy atom. The SMILES string of the molecule is CCC(C)NC(C)(C#N)Cc1ccc(F)cc1. The van der Waals surface area contributed by atoms with Crippen LogP contribution in [-0.4, -0.2) is 11.6 Å². The molecule has 17 heavy (non-hydrogen) atoms. The first kappa shape index (κ1) is 13.7. The van der Waals surface area contributed by atoms with Crippen molar-refractivity contribution >= 4 is 0 Å². The molecular formula is C14H19FN2. The van der Waals surface area contributed by atoms with Crippen LogP contribution in [-0.2, 0) is 6.42 Å². The molecule has 1 aromatic rings. The predicted molar refractivity (Wildman–Crippen MR) is 67.0 cm³/mol. The Kier molecular flexibility index (Phi) is 4.65. The van der Waals surface area contributed by atoms with Crippen LogP contribution in [0.4, 0.5) is 4.39 Å². The van der Waals surface area contributed by atoms with Crippen LogP contribution >= 0.6 is 0 Å². The quantitative estimate of drug-likeness (QED) is 0.850. The van der Waals surface area contributed by atoms with Gasteiger partial charge in [-0.15, -0.1) is 0 Å². The lowest BCUT2D eigenvalue weighted by Gasteiger charge is -2.27. The van der Waals surface area contributed by atoms with Crippen molar-refractivity contribution in [2.75, 3.05) is 0 Å². The minimum Gasteiger partial charge on any atom is -0.297 e. The van der Waals surface area contributed by atoms with E-state index >= 15 is 0 Å². The minimum atomic E-state index is -0.604. The molecule has 0 aliphatic heterocycles. The van der Waals surface area contributed by atoms with Crippen molar-refractivity contribution in [1.29, 1.82) is 5.26 Å². The van der Waals surface area contributed by atoms with Crippen molar-refractivity contribution in [2.45, 2.75) is 45.2 Å². The molecule has 0 saturated heterocycles. The fourth-order valence-electron chi connectivity index (χ4n) is 1.78. The molecular weight excluding hydrogens is 215 g/mol. The van der Waals surface area contributed by atoms with Gasteiger partial charge >= 0.3 is 0 Å². The number of halogens is 1. The van der Waals surface area contributed by atoms with Crippen LogP contribution in [0.5, 0.6) is 0 Å². The molecule has 0 radical (unpaired) electrons. The summed E-state index contributed by atoms with van der Waals surface area (Å²) in [6.07, 6.45) is 1.55. The van der Waals surface area contributed by atoms with Gasteiger partial charge < -0.3 is 0 Å². The normalized spacial score (nSPS) is 15.9. The Hall–Kier alpha value is -1.40. The molecule has 0 aromatic heterocycles. The zero-order valence-corrected chi connectivity index (χ0v) is 10.6. The number of hydrogen-bond donors (Lipinski definition) is 1. The molecule has 0 heterocycles. The topological polar surface area (TPSA) is 35.8 Å². The summed E-state index contributed by atoms with van der Waals surface area (Å²) in [5.41, 5.74) is 0.360. The Labute approximate surface area is 102 Å². The Morgan fingerprint density at radius 2 is 2.00 bits per heavy atom. The maximum atomic E-state index is 12.8. The lowest BCUT2D eigenvalue weighted by Crippen LogP contribution is -2.47. The number of nitriles is 1. The van der Waals surface area contributed by atoms with E-state index in [0.29, 0.717) is 12.5 Å². The lowest BCUT2D eigenvalue weighted by molar-refractivity contribution is 0.382. The lowest BCUT2D eigenvalue weighted by atomic mass is 9.93. The Balaban J connectivity index is 2.75. The van der Waals surface area contributed by atoms with E-state index in [1.165, 1.54) is 12.1 Å². The Morgan fingerprint density at radius 1 is 1.41 bits per heavy atom. The molecule has 0 amide bonds. The summed E-state index contributed by atoms with van der Waals surface area (Å²) < 4.78 is 12.8. The molecule has 0 spiro atoms. The molecule has 2 atom stereocenters. The second-order valence-corrected chi connectivity index (χ2v) is 4.70. The molecule has 2 nitrogen and oxygen atoms in total. The van der Waals surface area contributed by atoms with Crippen LogP contribution in [0.3, 0.4) is 0 Å². The number of rotatable bonds is 5. The van der Waals surface area contributed by atoms with Crippen LogP contribution in [0.2, 0.25) is 0 Å². The average Bonchev–Trinajstić information content (AvgIpc) is 2.32. The number of benzene rings is 1. The zero-order chi connectivity index (χ0) is 12.9. The smallest absolute Gasteiger partial charge is 0.123 e.